The normalized spacial score (nSPS) is 11.3. The molecule has 1 atom stereocenters. The van der Waals surface area contributed by atoms with Crippen molar-refractivity contribution < 1.29 is 9.53 Å². The molecule has 0 unspecified atom stereocenters. The van der Waals surface area contributed by atoms with Crippen LogP contribution in [0.2, 0.25) is 0 Å². The molecule has 0 spiro atoms. The van der Waals surface area contributed by atoms with E-state index in [2.05, 4.69) is 11.8 Å². The van der Waals surface area contributed by atoms with Crippen LogP contribution in [0.25, 0.3) is 0 Å². The van der Waals surface area contributed by atoms with Crippen LogP contribution in [0, 0.1) is 11.8 Å². The Labute approximate surface area is 90.3 Å². The molecular formula is C13H14O2. The van der Waals surface area contributed by atoms with Gasteiger partial charge < -0.3 is 4.74 Å². The van der Waals surface area contributed by atoms with Crippen molar-refractivity contribution in [1.29, 1.82) is 0 Å². The third-order valence-electron chi connectivity index (χ3n) is 2.09. The van der Waals surface area contributed by atoms with Crippen LogP contribution >= 0.6 is 0 Å². The summed E-state index contributed by atoms with van der Waals surface area (Å²) in [6.07, 6.45) is 0.116. The number of rotatable bonds is 4. The summed E-state index contributed by atoms with van der Waals surface area (Å²) >= 11 is 0. The number of hydrogen-bond donors (Lipinski definition) is 0. The molecule has 1 aromatic rings. The number of methoxy groups -OCH3 is 1. The Kier molecular flexibility index (Phi) is 4.59. The smallest absolute Gasteiger partial charge is 0.234 e. The number of ether oxygens (including phenoxy) is 1. The lowest BCUT2D eigenvalue weighted by atomic mass is 10.1. The third-order valence-corrected chi connectivity index (χ3v) is 2.09. The van der Waals surface area contributed by atoms with Crippen LogP contribution < -0.4 is 0 Å². The fraction of sp³-hybridized carbons (Fsp3) is 0.308. The van der Waals surface area contributed by atoms with Crippen LogP contribution in [0.4, 0.5) is 0 Å². The molecule has 0 saturated heterocycles. The second-order valence-corrected chi connectivity index (χ2v) is 3.15. The van der Waals surface area contributed by atoms with Crippen LogP contribution in [0.1, 0.15) is 12.5 Å². The highest BCUT2D eigenvalue weighted by atomic mass is 16.5. The molecule has 2 nitrogen and oxygen atoms in total. The molecule has 78 valence electrons. The average Bonchev–Trinajstić information content (AvgIpc) is 2.27. The van der Waals surface area contributed by atoms with E-state index in [9.17, 15) is 4.79 Å². The van der Waals surface area contributed by atoms with Crippen molar-refractivity contribution in [3.63, 3.8) is 0 Å². The number of carbonyl (C=O) groups excluding carboxylic acids is 1. The van der Waals surface area contributed by atoms with Crippen LogP contribution in [-0.4, -0.2) is 19.0 Å². The van der Waals surface area contributed by atoms with Crippen molar-refractivity contribution in [3.05, 3.63) is 35.9 Å². The highest BCUT2D eigenvalue weighted by Crippen LogP contribution is 2.05. The van der Waals surface area contributed by atoms with Gasteiger partial charge in [0.2, 0.25) is 5.78 Å². The third kappa shape index (κ3) is 3.57. The molecule has 2 heteroatoms. The SMILES string of the molecule is CC#CC(=O)[C@H](Cc1ccccc1)OC. The van der Waals surface area contributed by atoms with Crippen molar-refractivity contribution in [2.75, 3.05) is 7.11 Å². The van der Waals surface area contributed by atoms with Gasteiger partial charge in [0.25, 0.3) is 0 Å². The maximum Gasteiger partial charge on any atom is 0.234 e. The summed E-state index contributed by atoms with van der Waals surface area (Å²) in [4.78, 5) is 11.5. The molecular weight excluding hydrogens is 188 g/mol. The van der Waals surface area contributed by atoms with Gasteiger partial charge in [0.05, 0.1) is 0 Å². The highest BCUT2D eigenvalue weighted by molar-refractivity contribution is 5.99. The Morgan fingerprint density at radius 3 is 2.60 bits per heavy atom. The Morgan fingerprint density at radius 2 is 2.07 bits per heavy atom. The quantitative estimate of drug-likeness (QED) is 0.550. The minimum Gasteiger partial charge on any atom is -0.372 e. The van der Waals surface area contributed by atoms with E-state index < -0.39 is 6.10 Å². The van der Waals surface area contributed by atoms with Gasteiger partial charge in [-0.25, -0.2) is 0 Å². The number of benzene rings is 1. The average molecular weight is 202 g/mol. The van der Waals surface area contributed by atoms with Crippen molar-refractivity contribution in [2.24, 2.45) is 0 Å². The van der Waals surface area contributed by atoms with Crippen molar-refractivity contribution >= 4 is 5.78 Å². The number of hydrogen-bond acceptors (Lipinski definition) is 2. The van der Waals surface area contributed by atoms with Crippen LogP contribution in [0.15, 0.2) is 30.3 Å². The molecule has 0 fully saturated rings. The molecule has 0 N–H and O–H groups in total. The monoisotopic (exact) mass is 202 g/mol. The van der Waals surface area contributed by atoms with Crippen molar-refractivity contribution in [2.45, 2.75) is 19.4 Å². The molecule has 0 aliphatic rings. The second-order valence-electron chi connectivity index (χ2n) is 3.15. The largest absolute Gasteiger partial charge is 0.372 e. The zero-order chi connectivity index (χ0) is 11.1. The summed E-state index contributed by atoms with van der Waals surface area (Å²) in [6.45, 7) is 1.65. The Balaban J connectivity index is 2.68. The summed E-state index contributed by atoms with van der Waals surface area (Å²) in [6, 6.07) is 9.77. The van der Waals surface area contributed by atoms with E-state index in [1.54, 1.807) is 6.92 Å². The zero-order valence-corrected chi connectivity index (χ0v) is 8.99. The van der Waals surface area contributed by atoms with E-state index >= 15 is 0 Å². The van der Waals surface area contributed by atoms with Gasteiger partial charge in [0.15, 0.2) is 0 Å². The predicted molar refractivity (Wildman–Crippen MR) is 59.4 cm³/mol. The first-order valence-corrected chi connectivity index (χ1v) is 4.81. The van der Waals surface area contributed by atoms with E-state index in [4.69, 9.17) is 4.74 Å². The first-order valence-electron chi connectivity index (χ1n) is 4.81. The summed E-state index contributed by atoms with van der Waals surface area (Å²) in [7, 11) is 1.53. The molecule has 0 aliphatic carbocycles. The van der Waals surface area contributed by atoms with Gasteiger partial charge in [-0.2, -0.15) is 0 Å². The van der Waals surface area contributed by atoms with Gasteiger partial charge in [-0.05, 0) is 18.4 Å². The molecule has 0 saturated carbocycles. The van der Waals surface area contributed by atoms with Crippen LogP contribution in [0.3, 0.4) is 0 Å². The first-order chi connectivity index (χ1) is 7.27. The number of ketones is 1. The lowest BCUT2D eigenvalue weighted by Crippen LogP contribution is -2.24. The second kappa shape index (κ2) is 6.00. The van der Waals surface area contributed by atoms with Gasteiger partial charge in [0, 0.05) is 13.5 Å². The van der Waals surface area contributed by atoms with E-state index in [1.165, 1.54) is 7.11 Å². The molecule has 15 heavy (non-hydrogen) atoms. The summed E-state index contributed by atoms with van der Waals surface area (Å²) in [5.74, 6) is 4.93. The van der Waals surface area contributed by atoms with Crippen LogP contribution in [-0.2, 0) is 16.0 Å². The molecule has 1 rings (SSSR count). The van der Waals surface area contributed by atoms with E-state index in [0.29, 0.717) is 6.42 Å². The summed E-state index contributed by atoms with van der Waals surface area (Å²) in [5, 5.41) is 0. The lowest BCUT2D eigenvalue weighted by Gasteiger charge is -2.10. The van der Waals surface area contributed by atoms with Gasteiger partial charge >= 0.3 is 0 Å². The molecule has 0 aromatic heterocycles. The van der Waals surface area contributed by atoms with Gasteiger partial charge in [-0.1, -0.05) is 36.3 Å². The number of carbonyl (C=O) groups is 1. The topological polar surface area (TPSA) is 26.3 Å². The van der Waals surface area contributed by atoms with Crippen molar-refractivity contribution in [1.82, 2.24) is 0 Å². The predicted octanol–water partition coefficient (Wildman–Crippen LogP) is 1.84. The Hall–Kier alpha value is -1.59. The fourth-order valence-electron chi connectivity index (χ4n) is 1.31. The minimum atomic E-state index is -0.458. The Bertz CT molecular complexity index is 371. The van der Waals surface area contributed by atoms with Crippen LogP contribution in [0.5, 0.6) is 0 Å². The molecule has 0 heterocycles. The fourth-order valence-corrected chi connectivity index (χ4v) is 1.31. The molecule has 0 aliphatic heterocycles. The minimum absolute atomic E-state index is 0.163. The standard InChI is InChI=1S/C13H14O2/c1-3-7-12(14)13(15-2)10-11-8-5-4-6-9-11/h4-6,8-9,13H,10H2,1-2H3/t13-/m0/s1. The molecule has 0 bridgehead atoms. The van der Waals surface area contributed by atoms with Gasteiger partial charge in [0.1, 0.15) is 6.10 Å². The Morgan fingerprint density at radius 1 is 1.40 bits per heavy atom. The van der Waals surface area contributed by atoms with Gasteiger partial charge in [-0.3, -0.25) is 4.79 Å². The van der Waals surface area contributed by atoms with Gasteiger partial charge in [-0.15, -0.1) is 0 Å². The summed E-state index contributed by atoms with van der Waals surface area (Å²) in [5.41, 5.74) is 1.08. The maximum absolute atomic E-state index is 11.5. The summed E-state index contributed by atoms with van der Waals surface area (Å²) < 4.78 is 5.12. The lowest BCUT2D eigenvalue weighted by molar-refractivity contribution is -0.122. The maximum atomic E-state index is 11.5. The number of Topliss-reactive ketones (excluding diaryl/α,β-unsaturated/α-hetero) is 1. The van der Waals surface area contributed by atoms with E-state index in [1.807, 2.05) is 30.3 Å². The first kappa shape index (κ1) is 11.5. The highest BCUT2D eigenvalue weighted by Gasteiger charge is 2.15. The van der Waals surface area contributed by atoms with Crippen molar-refractivity contribution in [3.8, 4) is 11.8 Å². The van der Waals surface area contributed by atoms with E-state index in [0.717, 1.165) is 5.56 Å². The molecule has 0 radical (unpaired) electrons. The van der Waals surface area contributed by atoms with E-state index in [-0.39, 0.29) is 5.78 Å². The molecule has 0 amide bonds. The molecule has 1 aromatic carbocycles. The zero-order valence-electron chi connectivity index (χ0n) is 8.99.